The molecule has 1 atom stereocenters. The number of hydrogen-bond acceptors (Lipinski definition) is 6. The molecule has 0 aliphatic rings. The Morgan fingerprint density at radius 1 is 1.17 bits per heavy atom. The van der Waals surface area contributed by atoms with Crippen LogP contribution < -0.4 is 10.9 Å². The third-order valence-electron chi connectivity index (χ3n) is 4.46. The van der Waals surface area contributed by atoms with Crippen molar-refractivity contribution in [2.45, 2.75) is 17.7 Å². The molecule has 4 rings (SSSR count). The zero-order valence-corrected chi connectivity index (χ0v) is 18.4. The van der Waals surface area contributed by atoms with Crippen molar-refractivity contribution in [3.63, 3.8) is 0 Å². The standard InChI is InChI=1S/C22H19N3O2S3/c1-2-11-25-21(27)16-10-13-29-20(16)24-22(25)30-14-18(26)23-19(17-9-6-12-28-17)15-7-4-3-5-8-15/h2-10,12-13,19H,1,11,14H2,(H,23,26). The van der Waals surface area contributed by atoms with Crippen LogP contribution in [0.2, 0.25) is 0 Å². The van der Waals surface area contributed by atoms with E-state index in [-0.39, 0.29) is 23.3 Å². The number of aromatic nitrogens is 2. The number of thiophene rings is 2. The topological polar surface area (TPSA) is 64.0 Å². The van der Waals surface area contributed by atoms with Gasteiger partial charge in [-0.2, -0.15) is 0 Å². The van der Waals surface area contributed by atoms with E-state index in [1.807, 2.05) is 53.2 Å². The van der Waals surface area contributed by atoms with Crippen LogP contribution in [-0.2, 0) is 11.3 Å². The van der Waals surface area contributed by atoms with E-state index in [1.165, 1.54) is 23.1 Å². The first-order chi connectivity index (χ1) is 14.7. The van der Waals surface area contributed by atoms with E-state index in [9.17, 15) is 9.59 Å². The smallest absolute Gasteiger partial charge is 0.263 e. The van der Waals surface area contributed by atoms with Gasteiger partial charge in [-0.15, -0.1) is 29.3 Å². The van der Waals surface area contributed by atoms with E-state index in [0.717, 1.165) is 10.4 Å². The Labute approximate surface area is 186 Å². The molecule has 0 saturated heterocycles. The summed E-state index contributed by atoms with van der Waals surface area (Å²) in [6.07, 6.45) is 1.66. The highest BCUT2D eigenvalue weighted by atomic mass is 32.2. The summed E-state index contributed by atoms with van der Waals surface area (Å²) in [6, 6.07) is 15.5. The Morgan fingerprint density at radius 3 is 2.73 bits per heavy atom. The molecule has 1 amide bonds. The van der Waals surface area contributed by atoms with Gasteiger partial charge < -0.3 is 5.32 Å². The van der Waals surface area contributed by atoms with Crippen LogP contribution >= 0.6 is 34.4 Å². The predicted octanol–water partition coefficient (Wildman–Crippen LogP) is 4.70. The van der Waals surface area contributed by atoms with E-state index in [1.54, 1.807) is 28.0 Å². The van der Waals surface area contributed by atoms with Crippen LogP contribution in [0.4, 0.5) is 0 Å². The molecule has 1 aromatic carbocycles. The van der Waals surface area contributed by atoms with Crippen molar-refractivity contribution in [1.82, 2.24) is 14.9 Å². The largest absolute Gasteiger partial charge is 0.344 e. The first-order valence-corrected chi connectivity index (χ1v) is 12.0. The van der Waals surface area contributed by atoms with Gasteiger partial charge in [0, 0.05) is 11.4 Å². The highest BCUT2D eigenvalue weighted by Gasteiger charge is 2.19. The van der Waals surface area contributed by atoms with E-state index >= 15 is 0 Å². The molecule has 0 aliphatic heterocycles. The molecule has 152 valence electrons. The zero-order chi connectivity index (χ0) is 20.9. The molecule has 3 heterocycles. The van der Waals surface area contributed by atoms with Gasteiger partial charge in [0.05, 0.1) is 17.2 Å². The van der Waals surface area contributed by atoms with Crippen molar-refractivity contribution < 1.29 is 4.79 Å². The molecular weight excluding hydrogens is 434 g/mol. The Kier molecular flexibility index (Phi) is 6.47. The molecule has 0 bridgehead atoms. The second-order valence-corrected chi connectivity index (χ2v) is 9.27. The summed E-state index contributed by atoms with van der Waals surface area (Å²) < 4.78 is 1.56. The maximum Gasteiger partial charge on any atom is 0.263 e. The van der Waals surface area contributed by atoms with Crippen LogP contribution in [0.3, 0.4) is 0 Å². The zero-order valence-electron chi connectivity index (χ0n) is 16.0. The number of thioether (sulfide) groups is 1. The fourth-order valence-corrected chi connectivity index (χ4v) is 5.51. The fraction of sp³-hybridized carbons (Fsp3) is 0.136. The quantitative estimate of drug-likeness (QED) is 0.239. The third-order valence-corrected chi connectivity index (χ3v) is 7.18. The Bertz CT molecular complexity index is 1210. The van der Waals surface area contributed by atoms with E-state index in [2.05, 4.69) is 16.9 Å². The minimum absolute atomic E-state index is 0.107. The number of nitrogens with one attached hydrogen (secondary N) is 1. The van der Waals surface area contributed by atoms with E-state index in [4.69, 9.17) is 0 Å². The molecule has 5 nitrogen and oxygen atoms in total. The van der Waals surface area contributed by atoms with Crippen molar-refractivity contribution in [3.8, 4) is 0 Å². The van der Waals surface area contributed by atoms with E-state index < -0.39 is 0 Å². The predicted molar refractivity (Wildman–Crippen MR) is 126 cm³/mol. The summed E-state index contributed by atoms with van der Waals surface area (Å²) in [4.78, 5) is 31.9. The summed E-state index contributed by atoms with van der Waals surface area (Å²) in [6.45, 7) is 4.08. The van der Waals surface area contributed by atoms with Crippen molar-refractivity contribution in [1.29, 1.82) is 0 Å². The average molecular weight is 454 g/mol. The average Bonchev–Trinajstić information content (AvgIpc) is 3.45. The van der Waals surface area contributed by atoms with Crippen molar-refractivity contribution in [2.75, 3.05) is 5.75 Å². The molecule has 0 radical (unpaired) electrons. The van der Waals surface area contributed by atoms with Crippen LogP contribution in [0.5, 0.6) is 0 Å². The second kappa shape index (κ2) is 9.42. The van der Waals surface area contributed by atoms with Gasteiger partial charge in [0.15, 0.2) is 5.16 Å². The van der Waals surface area contributed by atoms with Crippen LogP contribution in [0, 0.1) is 0 Å². The molecule has 0 fully saturated rings. The van der Waals surface area contributed by atoms with Crippen LogP contribution in [0.25, 0.3) is 10.2 Å². The summed E-state index contributed by atoms with van der Waals surface area (Å²) in [7, 11) is 0. The SMILES string of the molecule is C=CCn1c(SCC(=O)NC(c2ccccc2)c2cccs2)nc2sccc2c1=O. The highest BCUT2D eigenvalue weighted by Crippen LogP contribution is 2.27. The Hall–Kier alpha value is -2.68. The van der Waals surface area contributed by atoms with Crippen molar-refractivity contribution in [3.05, 3.63) is 92.7 Å². The molecule has 1 N–H and O–H groups in total. The highest BCUT2D eigenvalue weighted by molar-refractivity contribution is 7.99. The van der Waals surface area contributed by atoms with Crippen molar-refractivity contribution >= 4 is 50.6 Å². The molecule has 0 aliphatic carbocycles. The second-order valence-electron chi connectivity index (χ2n) is 6.45. The monoisotopic (exact) mass is 453 g/mol. The maximum atomic E-state index is 12.8. The normalized spacial score (nSPS) is 12.0. The summed E-state index contributed by atoms with van der Waals surface area (Å²) in [5.41, 5.74) is 0.921. The van der Waals surface area contributed by atoms with Crippen molar-refractivity contribution in [2.24, 2.45) is 0 Å². The summed E-state index contributed by atoms with van der Waals surface area (Å²) in [5, 5.41) is 8.09. The van der Waals surface area contributed by atoms with Gasteiger partial charge in [0.2, 0.25) is 5.91 Å². The lowest BCUT2D eigenvalue weighted by molar-refractivity contribution is -0.119. The van der Waals surface area contributed by atoms with Crippen LogP contribution in [0.1, 0.15) is 16.5 Å². The maximum absolute atomic E-state index is 12.8. The number of benzene rings is 1. The van der Waals surface area contributed by atoms with Gasteiger partial charge in [0.1, 0.15) is 4.83 Å². The van der Waals surface area contributed by atoms with E-state index in [0.29, 0.717) is 21.9 Å². The first kappa shape index (κ1) is 20.6. The summed E-state index contributed by atoms with van der Waals surface area (Å²) in [5.74, 6) is 0.0442. The van der Waals surface area contributed by atoms with Gasteiger partial charge in [-0.05, 0) is 28.5 Å². The molecule has 30 heavy (non-hydrogen) atoms. The number of nitrogens with zero attached hydrogens (tertiary/aromatic N) is 2. The molecule has 0 saturated carbocycles. The number of rotatable bonds is 8. The minimum Gasteiger partial charge on any atom is -0.344 e. The Balaban J connectivity index is 1.53. The number of carbonyl (C=O) groups excluding carboxylic acids is 1. The molecule has 3 aromatic heterocycles. The number of carbonyl (C=O) groups is 1. The number of hydrogen-bond donors (Lipinski definition) is 1. The van der Waals surface area contributed by atoms with Crippen LogP contribution in [0.15, 0.2) is 81.9 Å². The fourth-order valence-electron chi connectivity index (χ4n) is 3.08. The lowest BCUT2D eigenvalue weighted by Crippen LogP contribution is -2.30. The van der Waals surface area contributed by atoms with Gasteiger partial charge >= 0.3 is 0 Å². The number of amides is 1. The third kappa shape index (κ3) is 4.40. The molecule has 1 unspecified atom stereocenters. The first-order valence-electron chi connectivity index (χ1n) is 9.27. The number of fused-ring (bicyclic) bond motifs is 1. The van der Waals surface area contributed by atoms with Crippen LogP contribution in [-0.4, -0.2) is 21.2 Å². The molecule has 4 aromatic rings. The lowest BCUT2D eigenvalue weighted by atomic mass is 10.1. The summed E-state index contributed by atoms with van der Waals surface area (Å²) >= 11 is 4.29. The Morgan fingerprint density at radius 2 is 2.00 bits per heavy atom. The molecule has 0 spiro atoms. The van der Waals surface area contributed by atoms with Gasteiger partial charge in [-0.3, -0.25) is 14.2 Å². The lowest BCUT2D eigenvalue weighted by Gasteiger charge is -2.18. The molecular formula is C22H19N3O2S3. The van der Waals surface area contributed by atoms with Gasteiger partial charge in [-0.1, -0.05) is 54.2 Å². The number of allylic oxidation sites excluding steroid dienone is 1. The molecule has 8 heteroatoms. The minimum atomic E-state index is -0.206. The van der Waals surface area contributed by atoms with Gasteiger partial charge in [0.25, 0.3) is 5.56 Å². The van der Waals surface area contributed by atoms with Gasteiger partial charge in [-0.25, -0.2) is 4.98 Å².